The van der Waals surface area contributed by atoms with E-state index < -0.39 is 0 Å². The molecule has 0 bridgehead atoms. The number of hydrogen-bond donors (Lipinski definition) is 1. The molecule has 1 aromatic rings. The van der Waals surface area contributed by atoms with Crippen molar-refractivity contribution in [2.45, 2.75) is 31.8 Å². The lowest BCUT2D eigenvalue weighted by atomic mass is 10.0. The van der Waals surface area contributed by atoms with Crippen LogP contribution in [0.4, 0.5) is 0 Å². The summed E-state index contributed by atoms with van der Waals surface area (Å²) >= 11 is 7.43. The zero-order chi connectivity index (χ0) is 11.4. The summed E-state index contributed by atoms with van der Waals surface area (Å²) in [6, 6.07) is 0.647. The first-order valence-electron chi connectivity index (χ1n) is 5.76. The van der Waals surface area contributed by atoms with Crippen molar-refractivity contribution < 1.29 is 0 Å². The van der Waals surface area contributed by atoms with Crippen LogP contribution < -0.4 is 5.32 Å². The lowest BCUT2D eigenvalue weighted by Crippen LogP contribution is -2.42. The Hall–Kier alpha value is -0.160. The molecule has 5 heteroatoms. The molecule has 1 unspecified atom stereocenters. The molecular weight excluding hydrogens is 242 g/mol. The quantitative estimate of drug-likeness (QED) is 0.900. The van der Waals surface area contributed by atoms with Gasteiger partial charge in [-0.25, -0.2) is 4.98 Å². The van der Waals surface area contributed by atoms with E-state index in [0.717, 1.165) is 22.4 Å². The van der Waals surface area contributed by atoms with Crippen molar-refractivity contribution in [2.24, 2.45) is 0 Å². The highest BCUT2D eigenvalue weighted by Crippen LogP contribution is 2.19. The predicted molar refractivity (Wildman–Crippen MR) is 69.1 cm³/mol. The van der Waals surface area contributed by atoms with Gasteiger partial charge in [-0.05, 0) is 26.4 Å². The summed E-state index contributed by atoms with van der Waals surface area (Å²) in [6.07, 6.45) is 5.70. The molecule has 3 nitrogen and oxygen atoms in total. The van der Waals surface area contributed by atoms with Gasteiger partial charge < -0.3 is 5.32 Å². The molecule has 1 aliphatic heterocycles. The maximum absolute atomic E-state index is 5.86. The van der Waals surface area contributed by atoms with Gasteiger partial charge in [0.25, 0.3) is 0 Å². The van der Waals surface area contributed by atoms with Gasteiger partial charge in [0.2, 0.25) is 0 Å². The standard InChI is InChI=1S/C11H18ClN3S/c1-15(7-9-4-2-3-5-13-9)8-11-14-6-10(12)16-11/h6,9,13H,2-5,7-8H2,1H3. The molecule has 0 radical (unpaired) electrons. The van der Waals surface area contributed by atoms with Gasteiger partial charge in [-0.3, -0.25) is 4.90 Å². The number of piperidine rings is 1. The first-order valence-corrected chi connectivity index (χ1v) is 6.95. The Kier molecular flexibility index (Phi) is 4.58. The maximum Gasteiger partial charge on any atom is 0.113 e. The van der Waals surface area contributed by atoms with Crippen LogP contribution in [0.25, 0.3) is 0 Å². The largest absolute Gasteiger partial charge is 0.313 e. The van der Waals surface area contributed by atoms with Gasteiger partial charge in [-0.1, -0.05) is 18.0 Å². The number of rotatable bonds is 4. The molecule has 1 saturated heterocycles. The minimum Gasteiger partial charge on any atom is -0.313 e. The lowest BCUT2D eigenvalue weighted by molar-refractivity contribution is 0.256. The van der Waals surface area contributed by atoms with Crippen LogP contribution in [0.1, 0.15) is 24.3 Å². The van der Waals surface area contributed by atoms with Crippen molar-refractivity contribution in [2.75, 3.05) is 20.1 Å². The summed E-state index contributed by atoms with van der Waals surface area (Å²) in [5.74, 6) is 0. The van der Waals surface area contributed by atoms with E-state index in [2.05, 4.69) is 22.2 Å². The molecule has 1 atom stereocenters. The van der Waals surface area contributed by atoms with E-state index in [1.807, 2.05) is 0 Å². The third kappa shape index (κ3) is 3.70. The fourth-order valence-electron chi connectivity index (χ4n) is 2.11. The summed E-state index contributed by atoms with van der Waals surface area (Å²) in [4.78, 5) is 6.59. The van der Waals surface area contributed by atoms with Gasteiger partial charge in [-0.2, -0.15) is 0 Å². The Balaban J connectivity index is 1.77. The fourth-order valence-corrected chi connectivity index (χ4v) is 3.15. The van der Waals surface area contributed by atoms with E-state index in [1.54, 1.807) is 17.5 Å². The van der Waals surface area contributed by atoms with Crippen molar-refractivity contribution in [1.82, 2.24) is 15.2 Å². The highest BCUT2D eigenvalue weighted by Gasteiger charge is 2.15. The summed E-state index contributed by atoms with van der Waals surface area (Å²) in [5, 5.41) is 4.66. The Morgan fingerprint density at radius 3 is 3.12 bits per heavy atom. The van der Waals surface area contributed by atoms with Gasteiger partial charge >= 0.3 is 0 Å². The predicted octanol–water partition coefficient (Wildman–Crippen LogP) is 2.37. The molecule has 1 aliphatic rings. The molecular formula is C11H18ClN3S. The second kappa shape index (κ2) is 5.96. The topological polar surface area (TPSA) is 28.2 Å². The molecule has 0 aliphatic carbocycles. The second-order valence-corrected chi connectivity index (χ2v) is 6.15. The smallest absolute Gasteiger partial charge is 0.113 e. The molecule has 1 aromatic heterocycles. The van der Waals surface area contributed by atoms with Crippen LogP contribution in [-0.4, -0.2) is 36.1 Å². The molecule has 0 aromatic carbocycles. The van der Waals surface area contributed by atoms with Crippen LogP contribution in [0.15, 0.2) is 6.20 Å². The Morgan fingerprint density at radius 1 is 1.62 bits per heavy atom. The van der Waals surface area contributed by atoms with Crippen LogP contribution in [0.5, 0.6) is 0 Å². The summed E-state index contributed by atoms with van der Waals surface area (Å²) in [7, 11) is 2.14. The normalized spacial score (nSPS) is 21.6. The Morgan fingerprint density at radius 2 is 2.50 bits per heavy atom. The molecule has 0 saturated carbocycles. The molecule has 2 heterocycles. The summed E-state index contributed by atoms with van der Waals surface area (Å²) in [5.41, 5.74) is 0. The third-order valence-electron chi connectivity index (χ3n) is 2.87. The van der Waals surface area contributed by atoms with E-state index in [9.17, 15) is 0 Å². The SMILES string of the molecule is CN(Cc1ncc(Cl)s1)CC1CCCCN1. The Labute approximate surface area is 106 Å². The van der Waals surface area contributed by atoms with E-state index in [1.165, 1.54) is 25.8 Å². The monoisotopic (exact) mass is 259 g/mol. The minimum absolute atomic E-state index is 0.647. The molecule has 16 heavy (non-hydrogen) atoms. The van der Waals surface area contributed by atoms with Gasteiger partial charge in [-0.15, -0.1) is 11.3 Å². The zero-order valence-electron chi connectivity index (χ0n) is 9.58. The molecule has 1 fully saturated rings. The maximum atomic E-state index is 5.86. The average Bonchev–Trinajstić information content (AvgIpc) is 2.65. The number of nitrogens with one attached hydrogen (secondary N) is 1. The van der Waals surface area contributed by atoms with Gasteiger partial charge in [0, 0.05) is 12.6 Å². The number of aromatic nitrogens is 1. The van der Waals surface area contributed by atoms with Gasteiger partial charge in [0.05, 0.1) is 12.7 Å². The molecule has 0 spiro atoms. The van der Waals surface area contributed by atoms with Gasteiger partial charge in [0.15, 0.2) is 0 Å². The third-order valence-corrected chi connectivity index (χ3v) is 3.97. The van der Waals surface area contributed by atoms with Crippen molar-refractivity contribution in [3.05, 3.63) is 15.5 Å². The van der Waals surface area contributed by atoms with Crippen molar-refractivity contribution in [1.29, 1.82) is 0 Å². The first kappa shape index (κ1) is 12.3. The van der Waals surface area contributed by atoms with Crippen molar-refractivity contribution >= 4 is 22.9 Å². The van der Waals surface area contributed by atoms with E-state index >= 15 is 0 Å². The zero-order valence-corrected chi connectivity index (χ0v) is 11.2. The van der Waals surface area contributed by atoms with E-state index in [-0.39, 0.29) is 0 Å². The van der Waals surface area contributed by atoms with Crippen LogP contribution in [0.2, 0.25) is 4.34 Å². The molecule has 0 amide bonds. The number of hydrogen-bond acceptors (Lipinski definition) is 4. The van der Waals surface area contributed by atoms with Crippen molar-refractivity contribution in [3.8, 4) is 0 Å². The minimum atomic E-state index is 0.647. The van der Waals surface area contributed by atoms with Crippen LogP contribution in [-0.2, 0) is 6.54 Å². The number of thiazole rings is 1. The highest BCUT2D eigenvalue weighted by molar-refractivity contribution is 7.15. The summed E-state index contributed by atoms with van der Waals surface area (Å²) in [6.45, 7) is 3.16. The Bertz CT molecular complexity index is 323. The first-order chi connectivity index (χ1) is 7.74. The number of halogens is 1. The van der Waals surface area contributed by atoms with E-state index in [4.69, 9.17) is 11.6 Å². The molecule has 90 valence electrons. The average molecular weight is 260 g/mol. The van der Waals surface area contributed by atoms with Crippen LogP contribution >= 0.6 is 22.9 Å². The van der Waals surface area contributed by atoms with E-state index in [0.29, 0.717) is 6.04 Å². The highest BCUT2D eigenvalue weighted by atomic mass is 35.5. The summed E-state index contributed by atoms with van der Waals surface area (Å²) < 4.78 is 0.777. The van der Waals surface area contributed by atoms with Crippen LogP contribution in [0, 0.1) is 0 Å². The van der Waals surface area contributed by atoms with Gasteiger partial charge in [0.1, 0.15) is 9.34 Å². The lowest BCUT2D eigenvalue weighted by Gasteiger charge is -2.27. The van der Waals surface area contributed by atoms with Crippen LogP contribution in [0.3, 0.4) is 0 Å². The number of nitrogens with zero attached hydrogens (tertiary/aromatic N) is 2. The number of likely N-dealkylation sites (N-methyl/N-ethyl adjacent to an activating group) is 1. The molecule has 2 rings (SSSR count). The second-order valence-electron chi connectivity index (χ2n) is 4.40. The molecule has 1 N–H and O–H groups in total. The van der Waals surface area contributed by atoms with Crippen molar-refractivity contribution in [3.63, 3.8) is 0 Å². The fraction of sp³-hybridized carbons (Fsp3) is 0.727.